The van der Waals surface area contributed by atoms with Crippen molar-refractivity contribution < 1.29 is 0 Å². The van der Waals surface area contributed by atoms with Crippen LogP contribution in [0.4, 0.5) is 5.69 Å². The van der Waals surface area contributed by atoms with Crippen LogP contribution >= 0.6 is 11.6 Å². The highest BCUT2D eigenvalue weighted by Crippen LogP contribution is 2.29. The maximum Gasteiger partial charge on any atom is 0.0412 e. The Kier molecular flexibility index (Phi) is 5.43. The van der Waals surface area contributed by atoms with Gasteiger partial charge in [-0.25, -0.2) is 0 Å². The standard InChI is InChI=1S/C18H21ClN2/c1-21(2)12-6-10-16(14-7-5-8-15(19)13-14)17-9-3-4-11-18(17)20/h3-5,7-11,13H,6,12,20H2,1-2H3/b16-10+. The van der Waals surface area contributed by atoms with Crippen LogP contribution < -0.4 is 5.73 Å². The summed E-state index contributed by atoms with van der Waals surface area (Å²) in [5.74, 6) is 0. The number of anilines is 1. The molecule has 2 aromatic rings. The Morgan fingerprint density at radius 3 is 2.57 bits per heavy atom. The van der Waals surface area contributed by atoms with Gasteiger partial charge < -0.3 is 10.6 Å². The van der Waals surface area contributed by atoms with E-state index in [4.69, 9.17) is 17.3 Å². The van der Waals surface area contributed by atoms with Gasteiger partial charge in [0.05, 0.1) is 0 Å². The van der Waals surface area contributed by atoms with Gasteiger partial charge in [-0.2, -0.15) is 0 Å². The van der Waals surface area contributed by atoms with Gasteiger partial charge >= 0.3 is 0 Å². The van der Waals surface area contributed by atoms with E-state index in [0.717, 1.165) is 40.4 Å². The van der Waals surface area contributed by atoms with Gasteiger partial charge in [0.2, 0.25) is 0 Å². The van der Waals surface area contributed by atoms with Crippen LogP contribution in [-0.2, 0) is 0 Å². The SMILES string of the molecule is CN(C)CC/C=C(\c1cccc(Cl)c1)c1ccccc1N. The number of hydrogen-bond donors (Lipinski definition) is 1. The van der Waals surface area contributed by atoms with E-state index in [1.165, 1.54) is 0 Å². The molecule has 0 radical (unpaired) electrons. The van der Waals surface area contributed by atoms with Crippen molar-refractivity contribution >= 4 is 22.9 Å². The zero-order chi connectivity index (χ0) is 15.2. The van der Waals surface area contributed by atoms with E-state index in [1.54, 1.807) is 0 Å². The quantitative estimate of drug-likeness (QED) is 0.834. The van der Waals surface area contributed by atoms with Crippen LogP contribution in [0.15, 0.2) is 54.6 Å². The summed E-state index contributed by atoms with van der Waals surface area (Å²) in [7, 11) is 4.15. The molecule has 0 atom stereocenters. The van der Waals surface area contributed by atoms with E-state index in [-0.39, 0.29) is 0 Å². The molecule has 2 aromatic carbocycles. The monoisotopic (exact) mass is 300 g/mol. The molecule has 110 valence electrons. The molecular formula is C18H21ClN2. The van der Waals surface area contributed by atoms with Crippen molar-refractivity contribution in [3.8, 4) is 0 Å². The van der Waals surface area contributed by atoms with Crippen LogP contribution in [0.25, 0.3) is 5.57 Å². The fourth-order valence-electron chi connectivity index (χ4n) is 2.25. The molecule has 0 saturated carbocycles. The van der Waals surface area contributed by atoms with Gasteiger partial charge in [-0.15, -0.1) is 0 Å². The van der Waals surface area contributed by atoms with Crippen molar-refractivity contribution in [3.05, 3.63) is 70.8 Å². The average Bonchev–Trinajstić information content (AvgIpc) is 2.44. The molecule has 0 amide bonds. The normalized spacial score (nSPS) is 11.9. The molecular weight excluding hydrogens is 280 g/mol. The minimum atomic E-state index is 0.737. The predicted octanol–water partition coefficient (Wildman–Crippen LogP) is 4.31. The maximum atomic E-state index is 6.14. The van der Waals surface area contributed by atoms with Crippen LogP contribution in [0.3, 0.4) is 0 Å². The first-order valence-corrected chi connectivity index (χ1v) is 7.41. The van der Waals surface area contributed by atoms with E-state index >= 15 is 0 Å². The minimum absolute atomic E-state index is 0.737. The molecule has 0 heterocycles. The van der Waals surface area contributed by atoms with Gasteiger partial charge in [-0.3, -0.25) is 0 Å². The number of halogens is 1. The first kappa shape index (κ1) is 15.6. The number of para-hydroxylation sites is 1. The summed E-state index contributed by atoms with van der Waals surface area (Å²) < 4.78 is 0. The molecule has 2 rings (SSSR count). The summed E-state index contributed by atoms with van der Waals surface area (Å²) in [5, 5.41) is 0.737. The molecule has 21 heavy (non-hydrogen) atoms. The predicted molar refractivity (Wildman–Crippen MR) is 92.6 cm³/mol. The smallest absolute Gasteiger partial charge is 0.0412 e. The topological polar surface area (TPSA) is 29.3 Å². The molecule has 0 saturated heterocycles. The second-order valence-corrected chi connectivity index (χ2v) is 5.74. The minimum Gasteiger partial charge on any atom is -0.398 e. The van der Waals surface area contributed by atoms with Crippen molar-refractivity contribution in [2.24, 2.45) is 0 Å². The molecule has 3 heteroatoms. The van der Waals surface area contributed by atoms with E-state index in [1.807, 2.05) is 36.4 Å². The summed E-state index contributed by atoms with van der Waals surface area (Å²) in [5.41, 5.74) is 10.2. The number of nitrogens with zero attached hydrogens (tertiary/aromatic N) is 1. The highest BCUT2D eigenvalue weighted by Gasteiger charge is 2.08. The lowest BCUT2D eigenvalue weighted by Crippen LogP contribution is -2.12. The zero-order valence-corrected chi connectivity index (χ0v) is 13.3. The fraction of sp³-hybridized carbons (Fsp3) is 0.222. The summed E-state index contributed by atoms with van der Waals surface area (Å²) in [4.78, 5) is 2.17. The first-order chi connectivity index (χ1) is 10.1. The van der Waals surface area contributed by atoms with E-state index < -0.39 is 0 Å². The van der Waals surface area contributed by atoms with Gasteiger partial charge in [0.15, 0.2) is 0 Å². The third-order valence-electron chi connectivity index (χ3n) is 3.31. The van der Waals surface area contributed by atoms with Gasteiger partial charge in [0, 0.05) is 22.8 Å². The highest BCUT2D eigenvalue weighted by molar-refractivity contribution is 6.30. The average molecular weight is 301 g/mol. The van der Waals surface area contributed by atoms with Crippen LogP contribution in [0.5, 0.6) is 0 Å². The van der Waals surface area contributed by atoms with Gasteiger partial charge in [0.25, 0.3) is 0 Å². The lowest BCUT2D eigenvalue weighted by molar-refractivity contribution is 0.417. The second kappa shape index (κ2) is 7.30. The van der Waals surface area contributed by atoms with Crippen molar-refractivity contribution in [1.82, 2.24) is 4.90 Å². The molecule has 0 fully saturated rings. The summed E-state index contributed by atoms with van der Waals surface area (Å²) in [6, 6.07) is 15.9. The third-order valence-corrected chi connectivity index (χ3v) is 3.55. The number of nitrogens with two attached hydrogens (primary N) is 1. The number of rotatable bonds is 5. The lowest BCUT2D eigenvalue weighted by atomic mass is 9.95. The second-order valence-electron chi connectivity index (χ2n) is 5.31. The van der Waals surface area contributed by atoms with E-state index in [0.29, 0.717) is 0 Å². The molecule has 0 aliphatic carbocycles. The Labute approximate surface area is 131 Å². The Morgan fingerprint density at radius 1 is 1.14 bits per heavy atom. The maximum absolute atomic E-state index is 6.14. The van der Waals surface area contributed by atoms with Crippen LogP contribution in [-0.4, -0.2) is 25.5 Å². The molecule has 0 aromatic heterocycles. The summed E-state index contributed by atoms with van der Waals surface area (Å²) in [6.45, 7) is 0.997. The lowest BCUT2D eigenvalue weighted by Gasteiger charge is -2.13. The Balaban J connectivity index is 2.42. The van der Waals surface area contributed by atoms with E-state index in [9.17, 15) is 0 Å². The van der Waals surface area contributed by atoms with E-state index in [2.05, 4.69) is 37.2 Å². The van der Waals surface area contributed by atoms with Gasteiger partial charge in [-0.1, -0.05) is 48.0 Å². The molecule has 2 N–H and O–H groups in total. The van der Waals surface area contributed by atoms with Gasteiger partial charge in [0.1, 0.15) is 0 Å². The van der Waals surface area contributed by atoms with Crippen LogP contribution in [0.2, 0.25) is 5.02 Å². The number of hydrogen-bond acceptors (Lipinski definition) is 2. The molecule has 0 bridgehead atoms. The Hall–Kier alpha value is -1.77. The molecule has 0 aliphatic heterocycles. The zero-order valence-electron chi connectivity index (χ0n) is 12.5. The summed E-state index contributed by atoms with van der Waals surface area (Å²) in [6.07, 6.45) is 3.19. The van der Waals surface area contributed by atoms with Crippen molar-refractivity contribution in [2.45, 2.75) is 6.42 Å². The number of nitrogen functional groups attached to an aromatic ring is 1. The molecule has 0 unspecified atom stereocenters. The largest absolute Gasteiger partial charge is 0.398 e. The Morgan fingerprint density at radius 2 is 1.90 bits per heavy atom. The highest BCUT2D eigenvalue weighted by atomic mass is 35.5. The molecule has 2 nitrogen and oxygen atoms in total. The van der Waals surface area contributed by atoms with Crippen molar-refractivity contribution in [3.63, 3.8) is 0 Å². The Bertz CT molecular complexity index is 633. The number of benzene rings is 2. The van der Waals surface area contributed by atoms with Crippen LogP contribution in [0.1, 0.15) is 17.5 Å². The summed E-state index contributed by atoms with van der Waals surface area (Å²) >= 11 is 6.13. The molecule has 0 spiro atoms. The fourth-order valence-corrected chi connectivity index (χ4v) is 2.44. The molecule has 0 aliphatic rings. The van der Waals surface area contributed by atoms with Crippen molar-refractivity contribution in [1.29, 1.82) is 0 Å². The van der Waals surface area contributed by atoms with Crippen LogP contribution in [0, 0.1) is 0 Å². The van der Waals surface area contributed by atoms with Crippen molar-refractivity contribution in [2.75, 3.05) is 26.4 Å². The first-order valence-electron chi connectivity index (χ1n) is 7.03. The third kappa shape index (κ3) is 4.35. The van der Waals surface area contributed by atoms with Gasteiger partial charge in [-0.05, 0) is 49.9 Å².